The number of hydrogen-bond acceptors (Lipinski definition) is 2. The van der Waals surface area contributed by atoms with Gasteiger partial charge in [-0.2, -0.15) is 0 Å². The summed E-state index contributed by atoms with van der Waals surface area (Å²) < 4.78 is 0. The van der Waals surface area contributed by atoms with E-state index in [4.69, 9.17) is 17.3 Å². The van der Waals surface area contributed by atoms with Gasteiger partial charge in [0.15, 0.2) is 0 Å². The van der Waals surface area contributed by atoms with E-state index >= 15 is 0 Å². The molecule has 2 nitrogen and oxygen atoms in total. The van der Waals surface area contributed by atoms with Crippen molar-refractivity contribution < 1.29 is 0 Å². The molecule has 0 radical (unpaired) electrons. The highest BCUT2D eigenvalue weighted by molar-refractivity contribution is 6.30. The Labute approximate surface area is 102 Å². The first-order valence-corrected chi connectivity index (χ1v) is 6.22. The first kappa shape index (κ1) is 11.9. The number of nitrogens with zero attached hydrogens (tertiary/aromatic N) is 1. The van der Waals surface area contributed by atoms with Gasteiger partial charge in [0, 0.05) is 17.5 Å². The lowest BCUT2D eigenvalue weighted by molar-refractivity contribution is 0.371. The Morgan fingerprint density at radius 1 is 1.44 bits per heavy atom. The number of hydrogen-bond donors (Lipinski definition) is 1. The van der Waals surface area contributed by atoms with Crippen LogP contribution in [0.3, 0.4) is 0 Å². The molecule has 1 aliphatic heterocycles. The minimum atomic E-state index is 0.474. The van der Waals surface area contributed by atoms with Gasteiger partial charge in [0.1, 0.15) is 0 Å². The maximum atomic E-state index is 5.92. The monoisotopic (exact) mass is 238 g/mol. The summed E-state index contributed by atoms with van der Waals surface area (Å²) in [7, 11) is 2.18. The zero-order valence-electron chi connectivity index (χ0n) is 9.70. The van der Waals surface area contributed by atoms with Crippen LogP contribution in [0.15, 0.2) is 24.3 Å². The SMILES string of the molecule is CN1CCC(C(CN)c2ccc(Cl)cc2)C1. The van der Waals surface area contributed by atoms with E-state index < -0.39 is 0 Å². The molecule has 0 aliphatic carbocycles. The molecular formula is C13H19ClN2. The van der Waals surface area contributed by atoms with Crippen LogP contribution in [0, 0.1) is 5.92 Å². The molecule has 1 fully saturated rings. The van der Waals surface area contributed by atoms with Gasteiger partial charge in [-0.15, -0.1) is 0 Å². The fraction of sp³-hybridized carbons (Fsp3) is 0.538. The molecule has 0 bridgehead atoms. The van der Waals surface area contributed by atoms with E-state index in [2.05, 4.69) is 24.1 Å². The Morgan fingerprint density at radius 3 is 2.62 bits per heavy atom. The number of benzene rings is 1. The van der Waals surface area contributed by atoms with Gasteiger partial charge in [-0.1, -0.05) is 23.7 Å². The highest BCUT2D eigenvalue weighted by Crippen LogP contribution is 2.31. The molecule has 88 valence electrons. The normalized spacial score (nSPS) is 23.6. The van der Waals surface area contributed by atoms with Crippen molar-refractivity contribution >= 4 is 11.6 Å². The largest absolute Gasteiger partial charge is 0.330 e. The van der Waals surface area contributed by atoms with Gasteiger partial charge >= 0.3 is 0 Å². The molecule has 0 aromatic heterocycles. The van der Waals surface area contributed by atoms with Crippen molar-refractivity contribution in [2.45, 2.75) is 12.3 Å². The van der Waals surface area contributed by atoms with E-state index in [1.54, 1.807) is 0 Å². The second-order valence-electron chi connectivity index (χ2n) is 4.70. The van der Waals surface area contributed by atoms with Crippen molar-refractivity contribution in [3.63, 3.8) is 0 Å². The molecule has 16 heavy (non-hydrogen) atoms. The molecule has 3 heteroatoms. The first-order valence-electron chi connectivity index (χ1n) is 5.85. The van der Waals surface area contributed by atoms with Crippen molar-refractivity contribution in [3.05, 3.63) is 34.9 Å². The standard InChI is InChI=1S/C13H19ClN2/c1-16-7-6-11(9-16)13(8-15)10-2-4-12(14)5-3-10/h2-5,11,13H,6-9,15H2,1H3. The minimum Gasteiger partial charge on any atom is -0.330 e. The summed E-state index contributed by atoms with van der Waals surface area (Å²) in [6, 6.07) is 8.13. The van der Waals surface area contributed by atoms with E-state index in [1.807, 2.05) is 12.1 Å². The van der Waals surface area contributed by atoms with Gasteiger partial charge in [-0.3, -0.25) is 0 Å². The molecule has 1 saturated heterocycles. The molecule has 1 aromatic rings. The number of halogens is 1. The third kappa shape index (κ3) is 2.57. The summed E-state index contributed by atoms with van der Waals surface area (Å²) >= 11 is 5.90. The third-order valence-electron chi connectivity index (χ3n) is 3.55. The third-order valence-corrected chi connectivity index (χ3v) is 3.80. The zero-order chi connectivity index (χ0) is 11.5. The van der Waals surface area contributed by atoms with Gasteiger partial charge in [0.25, 0.3) is 0 Å². The molecule has 1 aromatic carbocycles. The van der Waals surface area contributed by atoms with Gasteiger partial charge in [-0.25, -0.2) is 0 Å². The minimum absolute atomic E-state index is 0.474. The van der Waals surface area contributed by atoms with E-state index in [9.17, 15) is 0 Å². The highest BCUT2D eigenvalue weighted by Gasteiger charge is 2.27. The van der Waals surface area contributed by atoms with Gasteiger partial charge in [0.05, 0.1) is 0 Å². The number of rotatable bonds is 3. The van der Waals surface area contributed by atoms with Crippen LogP contribution in [-0.2, 0) is 0 Å². The molecule has 2 unspecified atom stereocenters. The Kier molecular flexibility index (Phi) is 3.85. The molecule has 0 amide bonds. The van der Waals surface area contributed by atoms with Crippen LogP contribution in [0.5, 0.6) is 0 Å². The smallest absolute Gasteiger partial charge is 0.0406 e. The Morgan fingerprint density at radius 2 is 2.12 bits per heavy atom. The predicted octanol–water partition coefficient (Wildman–Crippen LogP) is 2.33. The lowest BCUT2D eigenvalue weighted by atomic mass is 9.85. The van der Waals surface area contributed by atoms with Gasteiger partial charge in [0.2, 0.25) is 0 Å². The molecular weight excluding hydrogens is 220 g/mol. The molecule has 0 saturated carbocycles. The Bertz CT molecular complexity index is 336. The van der Waals surface area contributed by atoms with E-state index in [0.29, 0.717) is 11.8 Å². The lowest BCUT2D eigenvalue weighted by Gasteiger charge is -2.22. The molecule has 2 rings (SSSR count). The molecule has 1 heterocycles. The van der Waals surface area contributed by atoms with E-state index in [1.165, 1.54) is 18.5 Å². The van der Waals surface area contributed by atoms with E-state index in [-0.39, 0.29) is 0 Å². The van der Waals surface area contributed by atoms with Crippen LogP contribution in [-0.4, -0.2) is 31.6 Å². The maximum absolute atomic E-state index is 5.92. The zero-order valence-corrected chi connectivity index (χ0v) is 10.5. The van der Waals surface area contributed by atoms with Gasteiger partial charge < -0.3 is 10.6 Å². The Balaban J connectivity index is 2.13. The molecule has 1 aliphatic rings. The van der Waals surface area contributed by atoms with Crippen molar-refractivity contribution in [2.24, 2.45) is 11.7 Å². The van der Waals surface area contributed by atoms with Crippen LogP contribution in [0.25, 0.3) is 0 Å². The summed E-state index contributed by atoms with van der Waals surface area (Å²) in [6.45, 7) is 3.07. The molecule has 0 spiro atoms. The van der Waals surface area contributed by atoms with Crippen molar-refractivity contribution in [3.8, 4) is 0 Å². The fourth-order valence-corrected chi connectivity index (χ4v) is 2.73. The van der Waals surface area contributed by atoms with Crippen LogP contribution >= 0.6 is 11.6 Å². The first-order chi connectivity index (χ1) is 7.70. The second-order valence-corrected chi connectivity index (χ2v) is 5.14. The maximum Gasteiger partial charge on any atom is 0.0406 e. The Hall–Kier alpha value is -0.570. The fourth-order valence-electron chi connectivity index (χ4n) is 2.61. The summed E-state index contributed by atoms with van der Waals surface area (Å²) in [4.78, 5) is 2.38. The summed E-state index contributed by atoms with van der Waals surface area (Å²) in [5, 5.41) is 0.795. The van der Waals surface area contributed by atoms with Crippen LogP contribution < -0.4 is 5.73 Å². The van der Waals surface area contributed by atoms with Crippen molar-refractivity contribution in [2.75, 3.05) is 26.7 Å². The van der Waals surface area contributed by atoms with Crippen molar-refractivity contribution in [1.82, 2.24) is 4.90 Å². The summed E-state index contributed by atoms with van der Waals surface area (Å²) in [5.41, 5.74) is 7.24. The van der Waals surface area contributed by atoms with Crippen LogP contribution in [0.4, 0.5) is 0 Å². The van der Waals surface area contributed by atoms with Crippen LogP contribution in [0.2, 0.25) is 5.02 Å². The molecule has 2 atom stereocenters. The van der Waals surface area contributed by atoms with Crippen LogP contribution in [0.1, 0.15) is 17.9 Å². The highest BCUT2D eigenvalue weighted by atomic mass is 35.5. The van der Waals surface area contributed by atoms with E-state index in [0.717, 1.165) is 18.1 Å². The molecule has 2 N–H and O–H groups in total. The van der Waals surface area contributed by atoms with Gasteiger partial charge in [-0.05, 0) is 50.2 Å². The average molecular weight is 239 g/mol. The quantitative estimate of drug-likeness (QED) is 0.876. The number of likely N-dealkylation sites (tertiary alicyclic amines) is 1. The average Bonchev–Trinajstić information content (AvgIpc) is 2.69. The lowest BCUT2D eigenvalue weighted by Crippen LogP contribution is -2.24. The topological polar surface area (TPSA) is 29.3 Å². The van der Waals surface area contributed by atoms with Crippen molar-refractivity contribution in [1.29, 1.82) is 0 Å². The summed E-state index contributed by atoms with van der Waals surface area (Å²) in [6.07, 6.45) is 1.25. The number of nitrogens with two attached hydrogens (primary N) is 1. The second kappa shape index (κ2) is 5.17. The summed E-state index contributed by atoms with van der Waals surface area (Å²) in [5.74, 6) is 1.17. The predicted molar refractivity (Wildman–Crippen MR) is 68.9 cm³/mol.